The molecule has 0 unspecified atom stereocenters. The fourth-order valence-electron chi connectivity index (χ4n) is 1.45. The molecule has 1 nitrogen and oxygen atoms in total. The number of aryl methyl sites for hydroxylation is 1. The molecule has 14 heavy (non-hydrogen) atoms. The number of hydrogen-bond donors (Lipinski definition) is 1. The molecule has 1 rings (SSSR count). The van der Waals surface area contributed by atoms with E-state index in [1.807, 2.05) is 20.2 Å². The Hall–Kier alpha value is -1.50. The van der Waals surface area contributed by atoms with E-state index in [2.05, 4.69) is 48.7 Å². The van der Waals surface area contributed by atoms with Gasteiger partial charge >= 0.3 is 0 Å². The molecule has 0 fully saturated rings. The van der Waals surface area contributed by atoms with Crippen LogP contribution in [0.2, 0.25) is 0 Å². The summed E-state index contributed by atoms with van der Waals surface area (Å²) in [6.45, 7) is 4.16. The van der Waals surface area contributed by atoms with E-state index in [0.29, 0.717) is 0 Å². The third-order valence-electron chi connectivity index (χ3n) is 2.10. The molecule has 0 spiro atoms. The Bertz CT molecular complexity index is 348. The highest BCUT2D eigenvalue weighted by Gasteiger charge is 1.99. The van der Waals surface area contributed by atoms with Crippen LogP contribution in [0.4, 0.5) is 0 Å². The van der Waals surface area contributed by atoms with Crippen LogP contribution in [0.1, 0.15) is 18.1 Å². The molecule has 0 radical (unpaired) electrons. The molecule has 0 aliphatic heterocycles. The van der Waals surface area contributed by atoms with E-state index < -0.39 is 0 Å². The Labute approximate surface area is 86.2 Å². The van der Waals surface area contributed by atoms with Crippen LogP contribution in [-0.2, 0) is 0 Å². The van der Waals surface area contributed by atoms with E-state index in [-0.39, 0.29) is 0 Å². The topological polar surface area (TPSA) is 12.0 Å². The smallest absolute Gasteiger partial charge is 0.00412 e. The van der Waals surface area contributed by atoms with Crippen LogP contribution >= 0.6 is 0 Å². The molecule has 0 saturated carbocycles. The molecule has 0 atom stereocenters. The van der Waals surface area contributed by atoms with Gasteiger partial charge < -0.3 is 5.32 Å². The first kappa shape index (κ1) is 10.6. The van der Waals surface area contributed by atoms with Gasteiger partial charge in [0.05, 0.1) is 0 Å². The zero-order chi connectivity index (χ0) is 10.4. The molecule has 1 N–H and O–H groups in total. The lowest BCUT2D eigenvalue weighted by atomic mass is 10.0. The van der Waals surface area contributed by atoms with Gasteiger partial charge in [0.1, 0.15) is 0 Å². The minimum Gasteiger partial charge on any atom is -0.393 e. The van der Waals surface area contributed by atoms with Gasteiger partial charge in [-0.15, -0.1) is 0 Å². The minimum atomic E-state index is 1.22. The monoisotopic (exact) mass is 187 g/mol. The van der Waals surface area contributed by atoms with Crippen LogP contribution in [0.25, 0.3) is 5.57 Å². The molecule has 0 heterocycles. The zero-order valence-corrected chi connectivity index (χ0v) is 9.04. The first-order valence-corrected chi connectivity index (χ1v) is 4.85. The van der Waals surface area contributed by atoms with Gasteiger partial charge in [-0.1, -0.05) is 36.4 Å². The molecule has 0 bridgehead atoms. The molecule has 1 heteroatoms. The third-order valence-corrected chi connectivity index (χ3v) is 2.10. The molecule has 1 aromatic rings. The van der Waals surface area contributed by atoms with Crippen LogP contribution in [0.5, 0.6) is 0 Å². The summed E-state index contributed by atoms with van der Waals surface area (Å²) in [7, 11) is 1.92. The molecule has 0 saturated heterocycles. The minimum absolute atomic E-state index is 1.22. The van der Waals surface area contributed by atoms with Crippen molar-refractivity contribution < 1.29 is 0 Å². The van der Waals surface area contributed by atoms with Crippen molar-refractivity contribution >= 4 is 5.57 Å². The summed E-state index contributed by atoms with van der Waals surface area (Å²) in [6, 6.07) is 8.39. The van der Waals surface area contributed by atoms with Gasteiger partial charge in [0, 0.05) is 13.2 Å². The summed E-state index contributed by atoms with van der Waals surface area (Å²) < 4.78 is 0. The van der Waals surface area contributed by atoms with Crippen molar-refractivity contribution in [1.29, 1.82) is 0 Å². The number of benzene rings is 1. The highest BCUT2D eigenvalue weighted by atomic mass is 14.8. The van der Waals surface area contributed by atoms with Gasteiger partial charge in [-0.05, 0) is 30.5 Å². The zero-order valence-electron chi connectivity index (χ0n) is 9.04. The summed E-state index contributed by atoms with van der Waals surface area (Å²) >= 11 is 0. The van der Waals surface area contributed by atoms with E-state index in [4.69, 9.17) is 0 Å². The van der Waals surface area contributed by atoms with E-state index in [1.165, 1.54) is 16.7 Å². The summed E-state index contributed by atoms with van der Waals surface area (Å²) in [6.07, 6.45) is 6.18. The number of rotatable bonds is 3. The predicted octanol–water partition coefficient (Wildman–Crippen LogP) is 3.13. The fraction of sp³-hybridized carbons (Fsp3) is 0.231. The van der Waals surface area contributed by atoms with Crippen LogP contribution in [0.15, 0.2) is 42.6 Å². The van der Waals surface area contributed by atoms with E-state index in [9.17, 15) is 0 Å². The number of hydrogen-bond acceptors (Lipinski definition) is 1. The van der Waals surface area contributed by atoms with Gasteiger partial charge in [-0.3, -0.25) is 0 Å². The van der Waals surface area contributed by atoms with Gasteiger partial charge in [0.15, 0.2) is 0 Å². The van der Waals surface area contributed by atoms with E-state index >= 15 is 0 Å². The Morgan fingerprint density at radius 1 is 1.29 bits per heavy atom. The predicted molar refractivity (Wildman–Crippen MR) is 63.0 cm³/mol. The maximum absolute atomic E-state index is 3.07. The molecule has 0 aliphatic rings. The lowest BCUT2D eigenvalue weighted by molar-refractivity contribution is 1.11. The van der Waals surface area contributed by atoms with Crippen LogP contribution in [0.3, 0.4) is 0 Å². The summed E-state index contributed by atoms with van der Waals surface area (Å²) in [5.41, 5.74) is 3.79. The maximum Gasteiger partial charge on any atom is 0.00412 e. The Balaban J connectivity index is 3.12. The van der Waals surface area contributed by atoms with Crippen molar-refractivity contribution in [2.24, 2.45) is 0 Å². The van der Waals surface area contributed by atoms with Crippen LogP contribution in [-0.4, -0.2) is 7.05 Å². The lowest BCUT2D eigenvalue weighted by Crippen LogP contribution is -1.96. The third kappa shape index (κ3) is 2.49. The molecular formula is C13H17N. The highest BCUT2D eigenvalue weighted by Crippen LogP contribution is 2.18. The second-order valence-electron chi connectivity index (χ2n) is 3.20. The average molecular weight is 187 g/mol. The molecule has 0 aromatic heterocycles. The largest absolute Gasteiger partial charge is 0.393 e. The molecule has 1 aromatic carbocycles. The average Bonchev–Trinajstić information content (AvgIpc) is 2.18. The Kier molecular flexibility index (Phi) is 3.99. The van der Waals surface area contributed by atoms with Crippen LogP contribution < -0.4 is 5.32 Å². The quantitative estimate of drug-likeness (QED) is 0.717. The van der Waals surface area contributed by atoms with Crippen molar-refractivity contribution in [3.63, 3.8) is 0 Å². The first-order chi connectivity index (χ1) is 6.79. The van der Waals surface area contributed by atoms with Crippen molar-refractivity contribution in [3.8, 4) is 0 Å². The molecular weight excluding hydrogens is 170 g/mol. The molecule has 0 aliphatic carbocycles. The second-order valence-corrected chi connectivity index (χ2v) is 3.20. The first-order valence-electron chi connectivity index (χ1n) is 4.85. The van der Waals surface area contributed by atoms with Crippen molar-refractivity contribution in [1.82, 2.24) is 5.32 Å². The summed E-state index contributed by atoms with van der Waals surface area (Å²) in [5, 5.41) is 3.07. The number of nitrogens with one attached hydrogen (secondary N) is 1. The van der Waals surface area contributed by atoms with Gasteiger partial charge in [-0.25, -0.2) is 0 Å². The molecule has 74 valence electrons. The second kappa shape index (κ2) is 5.28. The standard InChI is InChI=1S/C13H17N/c1-4-7-12(10-14-3)13-9-6-5-8-11(13)2/h4-10,14H,1-3H3/b7-4-,12-10+. The van der Waals surface area contributed by atoms with Gasteiger partial charge in [0.2, 0.25) is 0 Å². The summed E-state index contributed by atoms with van der Waals surface area (Å²) in [5.74, 6) is 0. The fourth-order valence-corrected chi connectivity index (χ4v) is 1.45. The SMILES string of the molecule is C/C=C\C(=C/NC)c1ccccc1C. The molecule has 0 amide bonds. The van der Waals surface area contributed by atoms with E-state index in [1.54, 1.807) is 0 Å². The number of allylic oxidation sites excluding steroid dienone is 3. The highest BCUT2D eigenvalue weighted by molar-refractivity contribution is 5.75. The van der Waals surface area contributed by atoms with Crippen molar-refractivity contribution in [2.45, 2.75) is 13.8 Å². The van der Waals surface area contributed by atoms with Gasteiger partial charge in [-0.2, -0.15) is 0 Å². The Morgan fingerprint density at radius 3 is 2.57 bits per heavy atom. The van der Waals surface area contributed by atoms with Crippen LogP contribution in [0, 0.1) is 6.92 Å². The summed E-state index contributed by atoms with van der Waals surface area (Å²) in [4.78, 5) is 0. The maximum atomic E-state index is 3.07. The normalized spacial score (nSPS) is 12.1. The van der Waals surface area contributed by atoms with Crippen molar-refractivity contribution in [2.75, 3.05) is 7.05 Å². The van der Waals surface area contributed by atoms with Gasteiger partial charge in [0.25, 0.3) is 0 Å². The van der Waals surface area contributed by atoms with E-state index in [0.717, 1.165) is 0 Å². The lowest BCUT2D eigenvalue weighted by Gasteiger charge is -2.06. The Morgan fingerprint density at radius 2 is 2.00 bits per heavy atom. The van der Waals surface area contributed by atoms with Crippen molar-refractivity contribution in [3.05, 3.63) is 53.7 Å².